The summed E-state index contributed by atoms with van der Waals surface area (Å²) in [7, 11) is 0. The number of H-pyrrole nitrogens is 2. The van der Waals surface area contributed by atoms with Crippen molar-refractivity contribution in [1.82, 2.24) is 20.2 Å². The molecule has 1 atom stereocenters. The zero-order valence-corrected chi connectivity index (χ0v) is 22.7. The lowest BCUT2D eigenvalue weighted by atomic mass is 9.96. The van der Waals surface area contributed by atoms with Crippen molar-refractivity contribution < 1.29 is 4.39 Å². The molecule has 0 aliphatic heterocycles. The highest BCUT2D eigenvalue weighted by molar-refractivity contribution is 5.98. The lowest BCUT2D eigenvalue weighted by Crippen LogP contribution is -2.22. The van der Waals surface area contributed by atoms with Gasteiger partial charge in [0.1, 0.15) is 11.9 Å². The second kappa shape index (κ2) is 11.1. The Morgan fingerprint density at radius 3 is 2.85 bits per heavy atom. The van der Waals surface area contributed by atoms with Gasteiger partial charge in [0.2, 0.25) is 0 Å². The van der Waals surface area contributed by atoms with Gasteiger partial charge in [-0.3, -0.25) is 10.1 Å². The first-order valence-electron chi connectivity index (χ1n) is 13.3. The molecule has 1 unspecified atom stereocenters. The Labute approximate surface area is 228 Å². The Balaban J connectivity index is 1.52. The van der Waals surface area contributed by atoms with E-state index in [2.05, 4.69) is 82.8 Å². The van der Waals surface area contributed by atoms with E-state index in [-0.39, 0.29) is 0 Å². The lowest BCUT2D eigenvalue weighted by molar-refractivity contribution is 0.402. The van der Waals surface area contributed by atoms with Crippen LogP contribution < -0.4 is 15.9 Å². The van der Waals surface area contributed by atoms with Crippen molar-refractivity contribution in [1.29, 1.82) is 0 Å². The average Bonchev–Trinajstić information content (AvgIpc) is 3.50. The molecule has 1 aliphatic rings. The highest BCUT2D eigenvalue weighted by Gasteiger charge is 2.15. The van der Waals surface area contributed by atoms with Crippen molar-refractivity contribution in [2.24, 2.45) is 5.92 Å². The number of fused-ring (bicyclic) bond motifs is 1. The van der Waals surface area contributed by atoms with Crippen LogP contribution in [0.25, 0.3) is 46.1 Å². The van der Waals surface area contributed by atoms with Crippen LogP contribution in [-0.4, -0.2) is 26.3 Å². The molecule has 39 heavy (non-hydrogen) atoms. The lowest BCUT2D eigenvalue weighted by Gasteiger charge is -2.12. The van der Waals surface area contributed by atoms with Crippen LogP contribution in [0.3, 0.4) is 0 Å². The molecule has 0 saturated heterocycles. The molecule has 5 rings (SSSR count). The third-order valence-electron chi connectivity index (χ3n) is 6.82. The van der Waals surface area contributed by atoms with Crippen molar-refractivity contribution in [3.63, 3.8) is 0 Å². The Morgan fingerprint density at radius 1 is 1.26 bits per heavy atom. The zero-order valence-electron chi connectivity index (χ0n) is 22.7. The van der Waals surface area contributed by atoms with Gasteiger partial charge >= 0.3 is 0 Å². The molecule has 1 aliphatic carbocycles. The number of halogens is 1. The van der Waals surface area contributed by atoms with E-state index < -0.39 is 6.17 Å². The van der Waals surface area contributed by atoms with E-state index >= 15 is 0 Å². The van der Waals surface area contributed by atoms with E-state index in [0.29, 0.717) is 12.3 Å². The van der Waals surface area contributed by atoms with Crippen LogP contribution >= 0.6 is 0 Å². The van der Waals surface area contributed by atoms with Crippen molar-refractivity contribution in [3.05, 3.63) is 101 Å². The summed E-state index contributed by atoms with van der Waals surface area (Å²) in [6.07, 6.45) is 13.6. The van der Waals surface area contributed by atoms with E-state index in [1.807, 2.05) is 43.6 Å². The maximum atomic E-state index is 13.7. The van der Waals surface area contributed by atoms with Crippen molar-refractivity contribution >= 4 is 40.4 Å². The number of rotatable bonds is 8. The number of nitrogens with zero attached hydrogens (tertiary/aromatic N) is 2. The topological polar surface area (TPSA) is 69.4 Å². The van der Waals surface area contributed by atoms with E-state index in [1.165, 1.54) is 0 Å². The summed E-state index contributed by atoms with van der Waals surface area (Å²) in [6.45, 7) is 14.7. The van der Waals surface area contributed by atoms with Gasteiger partial charge in [0.05, 0.1) is 22.9 Å². The van der Waals surface area contributed by atoms with Gasteiger partial charge in [-0.1, -0.05) is 57.4 Å². The van der Waals surface area contributed by atoms with Gasteiger partial charge in [-0.25, -0.2) is 4.39 Å². The predicted octanol–water partition coefficient (Wildman–Crippen LogP) is 6.90. The quantitative estimate of drug-likeness (QED) is 0.237. The summed E-state index contributed by atoms with van der Waals surface area (Å²) in [6, 6.07) is 10.3. The molecule has 6 heteroatoms. The minimum atomic E-state index is -0.918. The van der Waals surface area contributed by atoms with Gasteiger partial charge in [-0.2, -0.15) is 5.10 Å². The third kappa shape index (κ3) is 5.70. The van der Waals surface area contributed by atoms with Crippen LogP contribution in [0.5, 0.6) is 0 Å². The molecule has 0 amide bonds. The first kappa shape index (κ1) is 26.2. The number of aromatic amines is 2. The summed E-state index contributed by atoms with van der Waals surface area (Å²) in [5.41, 5.74) is 8.61. The first-order valence-corrected chi connectivity index (χ1v) is 13.3. The molecule has 3 aromatic heterocycles. The number of anilines is 1. The number of pyridine rings is 1. The fraction of sp³-hybridized carbons (Fsp3) is 0.212. The van der Waals surface area contributed by atoms with Crippen LogP contribution in [-0.2, 0) is 0 Å². The van der Waals surface area contributed by atoms with Crippen LogP contribution in [0, 0.1) is 5.92 Å². The fourth-order valence-corrected chi connectivity index (χ4v) is 4.98. The molecule has 0 saturated carbocycles. The number of alkyl halides is 1. The van der Waals surface area contributed by atoms with Gasteiger partial charge < -0.3 is 10.3 Å². The Kier molecular flexibility index (Phi) is 7.46. The normalized spacial score (nSPS) is 16.2. The van der Waals surface area contributed by atoms with Gasteiger partial charge in [0.25, 0.3) is 0 Å². The fourth-order valence-electron chi connectivity index (χ4n) is 4.98. The second-order valence-corrected chi connectivity index (χ2v) is 10.4. The summed E-state index contributed by atoms with van der Waals surface area (Å²) in [4.78, 5) is 7.99. The molecular weight excluding hydrogens is 485 g/mol. The highest BCUT2D eigenvalue weighted by Crippen LogP contribution is 2.31. The van der Waals surface area contributed by atoms with Gasteiger partial charge in [-0.05, 0) is 66.3 Å². The van der Waals surface area contributed by atoms with Gasteiger partial charge in [0.15, 0.2) is 0 Å². The molecule has 1 aromatic carbocycles. The maximum absolute atomic E-state index is 13.7. The minimum absolute atomic E-state index is 0.395. The Bertz CT molecular complexity index is 1730. The smallest absolute Gasteiger partial charge is 0.122 e. The SMILES string of the molecule is C=C(CC(C)C)Nc1cncc(C(/C=c2/c(-c3cc4c(C5=CCC(F)C=C5)cccc4[nH]3)n[nH]c2=C)=C/C)c1. The predicted molar refractivity (Wildman–Crippen MR) is 162 cm³/mol. The van der Waals surface area contributed by atoms with Gasteiger partial charge in [-0.15, -0.1) is 0 Å². The number of nitrogens with one attached hydrogen (secondary N) is 3. The minimum Gasteiger partial charge on any atom is -0.358 e. The third-order valence-corrected chi connectivity index (χ3v) is 6.82. The highest BCUT2D eigenvalue weighted by atomic mass is 19.1. The van der Waals surface area contributed by atoms with Crippen molar-refractivity contribution in [3.8, 4) is 11.4 Å². The molecule has 0 bridgehead atoms. The molecule has 3 N–H and O–H groups in total. The number of benzene rings is 1. The second-order valence-electron chi connectivity index (χ2n) is 10.4. The zero-order chi connectivity index (χ0) is 27.5. The van der Waals surface area contributed by atoms with Crippen molar-refractivity contribution in [2.75, 3.05) is 5.32 Å². The molecule has 0 radical (unpaired) electrons. The molecule has 0 spiro atoms. The summed E-state index contributed by atoms with van der Waals surface area (Å²) >= 11 is 0. The number of allylic oxidation sites excluding steroid dienone is 7. The van der Waals surface area contributed by atoms with Crippen LogP contribution in [0.4, 0.5) is 10.1 Å². The maximum Gasteiger partial charge on any atom is 0.122 e. The van der Waals surface area contributed by atoms with Crippen LogP contribution in [0.1, 0.15) is 44.7 Å². The monoisotopic (exact) mass is 519 g/mol. The average molecular weight is 520 g/mol. The molecule has 5 nitrogen and oxygen atoms in total. The Hall–Kier alpha value is -4.45. The van der Waals surface area contributed by atoms with Crippen LogP contribution in [0.15, 0.2) is 79.3 Å². The van der Waals surface area contributed by atoms with Crippen molar-refractivity contribution in [2.45, 2.75) is 39.8 Å². The largest absolute Gasteiger partial charge is 0.358 e. The van der Waals surface area contributed by atoms with Crippen LogP contribution in [0.2, 0.25) is 0 Å². The number of aromatic nitrogens is 4. The molecule has 0 fully saturated rings. The molecule has 198 valence electrons. The Morgan fingerprint density at radius 2 is 2.10 bits per heavy atom. The van der Waals surface area contributed by atoms with E-state index in [9.17, 15) is 4.39 Å². The van der Waals surface area contributed by atoms with E-state index in [1.54, 1.807) is 6.08 Å². The molecular formula is C33H34FN5. The number of hydrogen-bond acceptors (Lipinski definition) is 3. The molecule has 3 heterocycles. The summed E-state index contributed by atoms with van der Waals surface area (Å²) in [5, 5.41) is 13.7. The number of hydrogen-bond donors (Lipinski definition) is 3. The summed E-state index contributed by atoms with van der Waals surface area (Å²) in [5.74, 6) is 0.523. The van der Waals surface area contributed by atoms with E-state index in [0.717, 1.165) is 72.9 Å². The summed E-state index contributed by atoms with van der Waals surface area (Å²) < 4.78 is 13.7. The molecule has 4 aromatic rings. The van der Waals surface area contributed by atoms with Gasteiger partial charge in [0, 0.05) is 40.0 Å². The standard InChI is InChI=1S/C33H34FN5/c1-6-23(25-15-27(19-35-18-25)36-21(4)14-20(2)3)16-29-22(5)38-39-33(29)32-17-30-28(8-7-9-31(30)37-32)24-10-12-26(34)13-11-24/h6-12,15-20,26,36-38H,4-5,13-14H2,1-3H3/b23-6+,29-16+. The first-order chi connectivity index (χ1) is 18.8. The van der Waals surface area contributed by atoms with E-state index in [4.69, 9.17) is 0 Å².